The van der Waals surface area contributed by atoms with E-state index >= 15 is 0 Å². The molecule has 0 saturated heterocycles. The van der Waals surface area contributed by atoms with Crippen LogP contribution in [-0.4, -0.2) is 9.97 Å². The van der Waals surface area contributed by atoms with Gasteiger partial charge in [0.05, 0.1) is 0 Å². The Morgan fingerprint density at radius 2 is 1.68 bits per heavy atom. The molecule has 0 unspecified atom stereocenters. The van der Waals surface area contributed by atoms with Crippen LogP contribution in [0.1, 0.15) is 11.1 Å². The average molecular weight is 252 g/mol. The van der Waals surface area contributed by atoms with Crippen LogP contribution in [0.25, 0.3) is 10.8 Å². The van der Waals surface area contributed by atoms with Gasteiger partial charge in [-0.15, -0.1) is 0 Å². The predicted octanol–water partition coefficient (Wildman–Crippen LogP) is 1.81. The van der Waals surface area contributed by atoms with Gasteiger partial charge in [0.15, 0.2) is 0 Å². The van der Waals surface area contributed by atoms with Gasteiger partial charge in [-0.2, -0.15) is 0 Å². The molecule has 1 heterocycles. The molecule has 0 atom stereocenters. The second-order valence-corrected chi connectivity index (χ2v) is 4.41. The zero-order chi connectivity index (χ0) is 13.2. The minimum Gasteiger partial charge on any atom is -0.314 e. The molecule has 0 aliphatic rings. The highest BCUT2D eigenvalue weighted by Gasteiger charge is 2.05. The Balaban J connectivity index is 2.11. The van der Waals surface area contributed by atoms with E-state index < -0.39 is 5.69 Å². The highest BCUT2D eigenvalue weighted by molar-refractivity contribution is 5.85. The first kappa shape index (κ1) is 11.5. The van der Waals surface area contributed by atoms with E-state index in [4.69, 9.17) is 0 Å². The van der Waals surface area contributed by atoms with Crippen LogP contribution in [0, 0.1) is 0 Å². The van der Waals surface area contributed by atoms with Gasteiger partial charge in [-0.3, -0.25) is 9.78 Å². The van der Waals surface area contributed by atoms with Crippen LogP contribution >= 0.6 is 0 Å². The fourth-order valence-corrected chi connectivity index (χ4v) is 2.22. The fourth-order valence-electron chi connectivity index (χ4n) is 2.22. The minimum atomic E-state index is -0.480. The molecule has 0 saturated carbocycles. The second kappa shape index (κ2) is 4.57. The van der Waals surface area contributed by atoms with Crippen molar-refractivity contribution in [2.75, 3.05) is 0 Å². The summed E-state index contributed by atoms with van der Waals surface area (Å²) in [7, 11) is 0. The topological polar surface area (TPSA) is 65.7 Å². The number of fused-ring (bicyclic) bond motifs is 1. The lowest BCUT2D eigenvalue weighted by Crippen LogP contribution is -2.24. The molecule has 3 rings (SSSR count). The summed E-state index contributed by atoms with van der Waals surface area (Å²) >= 11 is 0. The van der Waals surface area contributed by atoms with E-state index in [1.807, 2.05) is 42.5 Å². The Morgan fingerprint density at radius 3 is 2.53 bits per heavy atom. The number of rotatable bonds is 2. The molecule has 1 aromatic heterocycles. The first-order chi connectivity index (χ1) is 9.24. The zero-order valence-corrected chi connectivity index (χ0v) is 10.1. The largest absolute Gasteiger partial charge is 0.325 e. The van der Waals surface area contributed by atoms with Crippen molar-refractivity contribution in [1.29, 1.82) is 0 Å². The summed E-state index contributed by atoms with van der Waals surface area (Å²) in [6.07, 6.45) is 1.97. The highest BCUT2D eigenvalue weighted by Crippen LogP contribution is 2.19. The number of hydrogen-bond acceptors (Lipinski definition) is 2. The lowest BCUT2D eigenvalue weighted by molar-refractivity contribution is 0.978. The van der Waals surface area contributed by atoms with E-state index in [0.29, 0.717) is 12.0 Å². The molecule has 0 aliphatic heterocycles. The normalized spacial score (nSPS) is 10.7. The van der Waals surface area contributed by atoms with Crippen molar-refractivity contribution >= 4 is 10.8 Å². The molecule has 0 amide bonds. The predicted molar refractivity (Wildman–Crippen MR) is 74.4 cm³/mol. The van der Waals surface area contributed by atoms with Crippen molar-refractivity contribution in [3.8, 4) is 0 Å². The summed E-state index contributed by atoms with van der Waals surface area (Å²) in [6, 6.07) is 14.0. The van der Waals surface area contributed by atoms with E-state index in [1.165, 1.54) is 6.20 Å². The van der Waals surface area contributed by atoms with Gasteiger partial charge in [-0.1, -0.05) is 42.5 Å². The zero-order valence-electron chi connectivity index (χ0n) is 10.1. The van der Waals surface area contributed by atoms with Gasteiger partial charge >= 0.3 is 5.69 Å². The monoisotopic (exact) mass is 252 g/mol. The summed E-state index contributed by atoms with van der Waals surface area (Å²) in [5.41, 5.74) is 0.801. The van der Waals surface area contributed by atoms with E-state index in [0.717, 1.165) is 16.3 Å². The number of benzene rings is 2. The maximum absolute atomic E-state index is 11.7. The van der Waals surface area contributed by atoms with E-state index in [9.17, 15) is 9.59 Å². The van der Waals surface area contributed by atoms with Crippen molar-refractivity contribution < 1.29 is 0 Å². The molecule has 94 valence electrons. The van der Waals surface area contributed by atoms with Gasteiger partial charge < -0.3 is 4.98 Å². The first-order valence-corrected chi connectivity index (χ1v) is 6.01. The standard InChI is InChI=1S/C15H12N2O2/c18-14-12(9-16-15(19)17-14)8-11-6-3-5-10-4-1-2-7-13(10)11/h1-7,9H,8H2,(H2,16,17,18,19). The molecular weight excluding hydrogens is 240 g/mol. The Hall–Kier alpha value is -2.62. The number of aromatic nitrogens is 2. The van der Waals surface area contributed by atoms with Gasteiger partial charge in [0.25, 0.3) is 5.56 Å². The highest BCUT2D eigenvalue weighted by atomic mass is 16.2. The van der Waals surface area contributed by atoms with Gasteiger partial charge in [-0.25, -0.2) is 4.79 Å². The summed E-state index contributed by atoms with van der Waals surface area (Å²) in [4.78, 5) is 27.4. The molecule has 19 heavy (non-hydrogen) atoms. The van der Waals surface area contributed by atoms with Gasteiger partial charge in [0, 0.05) is 18.2 Å². The van der Waals surface area contributed by atoms with Crippen molar-refractivity contribution in [3.05, 3.63) is 80.6 Å². The molecule has 2 aromatic carbocycles. The van der Waals surface area contributed by atoms with Crippen LogP contribution in [-0.2, 0) is 6.42 Å². The smallest absolute Gasteiger partial charge is 0.314 e. The lowest BCUT2D eigenvalue weighted by Gasteiger charge is -2.05. The Morgan fingerprint density at radius 1 is 0.895 bits per heavy atom. The average Bonchev–Trinajstić information content (AvgIpc) is 2.42. The first-order valence-electron chi connectivity index (χ1n) is 6.01. The fraction of sp³-hybridized carbons (Fsp3) is 0.0667. The lowest BCUT2D eigenvalue weighted by atomic mass is 10.00. The molecule has 4 heteroatoms. The van der Waals surface area contributed by atoms with E-state index in [2.05, 4.69) is 9.97 Å². The molecule has 0 radical (unpaired) electrons. The number of nitrogens with one attached hydrogen (secondary N) is 2. The third-order valence-electron chi connectivity index (χ3n) is 3.16. The molecule has 3 aromatic rings. The molecular formula is C15H12N2O2. The van der Waals surface area contributed by atoms with Crippen molar-refractivity contribution in [3.63, 3.8) is 0 Å². The summed E-state index contributed by atoms with van der Waals surface area (Å²) < 4.78 is 0. The molecule has 0 bridgehead atoms. The summed E-state index contributed by atoms with van der Waals surface area (Å²) in [6.45, 7) is 0. The van der Waals surface area contributed by atoms with Gasteiger partial charge in [-0.05, 0) is 16.3 Å². The van der Waals surface area contributed by atoms with Crippen LogP contribution in [0.4, 0.5) is 0 Å². The van der Waals surface area contributed by atoms with Crippen LogP contribution in [0.15, 0.2) is 58.3 Å². The molecule has 2 N–H and O–H groups in total. The number of aromatic amines is 2. The third-order valence-corrected chi connectivity index (χ3v) is 3.16. The van der Waals surface area contributed by atoms with Crippen molar-refractivity contribution in [1.82, 2.24) is 9.97 Å². The van der Waals surface area contributed by atoms with Crippen molar-refractivity contribution in [2.45, 2.75) is 6.42 Å². The maximum atomic E-state index is 11.7. The van der Waals surface area contributed by atoms with Crippen LogP contribution in [0.3, 0.4) is 0 Å². The number of hydrogen-bond donors (Lipinski definition) is 2. The molecule has 0 aliphatic carbocycles. The minimum absolute atomic E-state index is 0.336. The Bertz CT molecular complexity index is 841. The summed E-state index contributed by atoms with van der Waals surface area (Å²) in [5, 5.41) is 2.26. The van der Waals surface area contributed by atoms with Crippen molar-refractivity contribution in [2.24, 2.45) is 0 Å². The molecule has 0 spiro atoms. The molecule has 4 nitrogen and oxygen atoms in total. The maximum Gasteiger partial charge on any atom is 0.325 e. The second-order valence-electron chi connectivity index (χ2n) is 4.41. The Labute approximate surface area is 108 Å². The SMILES string of the molecule is O=c1[nH]cc(Cc2cccc3ccccc23)c(=O)[nH]1. The number of H-pyrrole nitrogens is 2. The van der Waals surface area contributed by atoms with Gasteiger partial charge in [0.2, 0.25) is 0 Å². The van der Waals surface area contributed by atoms with Crippen LogP contribution < -0.4 is 11.2 Å². The van der Waals surface area contributed by atoms with E-state index in [-0.39, 0.29) is 5.56 Å². The Kier molecular flexibility index (Phi) is 2.76. The van der Waals surface area contributed by atoms with Crippen LogP contribution in [0.5, 0.6) is 0 Å². The van der Waals surface area contributed by atoms with Crippen LogP contribution in [0.2, 0.25) is 0 Å². The van der Waals surface area contributed by atoms with Gasteiger partial charge in [0.1, 0.15) is 0 Å². The summed E-state index contributed by atoms with van der Waals surface area (Å²) in [5.74, 6) is 0. The molecule has 0 fully saturated rings. The quantitative estimate of drug-likeness (QED) is 0.730. The van der Waals surface area contributed by atoms with E-state index in [1.54, 1.807) is 0 Å². The third kappa shape index (κ3) is 2.20.